The van der Waals surface area contributed by atoms with Crippen LogP contribution >= 0.6 is 11.6 Å². The summed E-state index contributed by atoms with van der Waals surface area (Å²) in [6.45, 7) is -0.00592. The Labute approximate surface area is 147 Å². The SMILES string of the molecule is O=C(NCNc1c(Nc2cccnc2)c(=O)c1=O)c1ccc(Cl)cc1. The minimum atomic E-state index is -0.632. The normalized spacial score (nSPS) is 10.4. The number of benzene rings is 1. The molecule has 1 aromatic heterocycles. The van der Waals surface area contributed by atoms with Gasteiger partial charge in [-0.25, -0.2) is 0 Å². The van der Waals surface area contributed by atoms with Gasteiger partial charge in [-0.05, 0) is 36.4 Å². The van der Waals surface area contributed by atoms with Gasteiger partial charge in [-0.2, -0.15) is 0 Å². The van der Waals surface area contributed by atoms with Gasteiger partial charge in [0.1, 0.15) is 11.4 Å². The van der Waals surface area contributed by atoms with Gasteiger partial charge in [0.25, 0.3) is 16.8 Å². The molecule has 0 saturated heterocycles. The smallest absolute Gasteiger partial charge is 0.253 e. The first-order chi connectivity index (χ1) is 12.1. The predicted octanol–water partition coefficient (Wildman–Crippen LogP) is 1.87. The first-order valence-corrected chi connectivity index (χ1v) is 7.72. The topological polar surface area (TPSA) is 100 Å². The lowest BCUT2D eigenvalue weighted by atomic mass is 10.2. The zero-order valence-electron chi connectivity index (χ0n) is 12.9. The third kappa shape index (κ3) is 3.67. The highest BCUT2D eigenvalue weighted by atomic mass is 35.5. The second kappa shape index (κ2) is 7.14. The van der Waals surface area contributed by atoms with Crippen molar-refractivity contribution in [3.63, 3.8) is 0 Å². The Balaban J connectivity index is 1.61. The predicted molar refractivity (Wildman–Crippen MR) is 96.3 cm³/mol. The summed E-state index contributed by atoms with van der Waals surface area (Å²) in [7, 11) is 0. The highest BCUT2D eigenvalue weighted by Crippen LogP contribution is 2.19. The van der Waals surface area contributed by atoms with E-state index in [1.165, 1.54) is 6.20 Å². The van der Waals surface area contributed by atoms with Gasteiger partial charge in [-0.1, -0.05) is 11.6 Å². The van der Waals surface area contributed by atoms with Crippen LogP contribution in [-0.2, 0) is 0 Å². The van der Waals surface area contributed by atoms with E-state index in [1.54, 1.807) is 42.6 Å². The average Bonchev–Trinajstić information content (AvgIpc) is 2.64. The van der Waals surface area contributed by atoms with Crippen LogP contribution in [-0.4, -0.2) is 17.6 Å². The maximum atomic E-state index is 12.0. The van der Waals surface area contributed by atoms with Crippen molar-refractivity contribution in [3.8, 4) is 0 Å². The molecule has 3 aromatic rings. The van der Waals surface area contributed by atoms with Crippen LogP contribution in [0.4, 0.5) is 17.1 Å². The van der Waals surface area contributed by atoms with Crippen LogP contribution in [0.25, 0.3) is 0 Å². The molecule has 25 heavy (non-hydrogen) atoms. The van der Waals surface area contributed by atoms with Gasteiger partial charge in [0.15, 0.2) is 0 Å². The fourth-order valence-corrected chi connectivity index (χ4v) is 2.30. The number of rotatable bonds is 6. The lowest BCUT2D eigenvalue weighted by molar-refractivity contribution is 0.0956. The van der Waals surface area contributed by atoms with Gasteiger partial charge in [0, 0.05) is 16.8 Å². The highest BCUT2D eigenvalue weighted by Gasteiger charge is 2.20. The van der Waals surface area contributed by atoms with Gasteiger partial charge in [-0.3, -0.25) is 19.4 Å². The van der Waals surface area contributed by atoms with Crippen molar-refractivity contribution in [2.75, 3.05) is 17.3 Å². The molecule has 0 aliphatic carbocycles. The Bertz CT molecular complexity index is 964. The van der Waals surface area contributed by atoms with E-state index < -0.39 is 10.9 Å². The van der Waals surface area contributed by atoms with Gasteiger partial charge in [0.2, 0.25) is 0 Å². The zero-order valence-corrected chi connectivity index (χ0v) is 13.6. The number of hydrogen-bond donors (Lipinski definition) is 3. The van der Waals surface area contributed by atoms with Crippen LogP contribution in [0.15, 0.2) is 58.4 Å². The van der Waals surface area contributed by atoms with Gasteiger partial charge >= 0.3 is 0 Å². The molecule has 0 radical (unpaired) electrons. The van der Waals surface area contributed by atoms with Crippen LogP contribution in [0, 0.1) is 0 Å². The summed E-state index contributed by atoms with van der Waals surface area (Å²) < 4.78 is 0. The molecule has 0 aliphatic rings. The molecule has 0 spiro atoms. The molecule has 0 atom stereocenters. The summed E-state index contributed by atoms with van der Waals surface area (Å²) in [5, 5.41) is 8.73. The largest absolute Gasteiger partial charge is 0.363 e. The maximum Gasteiger partial charge on any atom is 0.253 e. The van der Waals surface area contributed by atoms with Gasteiger partial charge in [0.05, 0.1) is 18.6 Å². The number of nitrogens with one attached hydrogen (secondary N) is 3. The molecule has 3 N–H and O–H groups in total. The summed E-state index contributed by atoms with van der Waals surface area (Å²) in [6.07, 6.45) is 3.13. The molecule has 0 fully saturated rings. The first-order valence-electron chi connectivity index (χ1n) is 7.34. The van der Waals surface area contributed by atoms with Crippen LogP contribution < -0.4 is 26.8 Å². The Kier molecular flexibility index (Phi) is 4.76. The van der Waals surface area contributed by atoms with Crippen molar-refractivity contribution >= 4 is 34.6 Å². The molecule has 8 heteroatoms. The Morgan fingerprint density at radius 2 is 1.76 bits per heavy atom. The van der Waals surface area contributed by atoms with E-state index in [-0.39, 0.29) is 24.0 Å². The van der Waals surface area contributed by atoms with Crippen LogP contribution in [0.3, 0.4) is 0 Å². The fourth-order valence-electron chi connectivity index (χ4n) is 2.18. The minimum Gasteiger partial charge on any atom is -0.363 e. The van der Waals surface area contributed by atoms with Crippen molar-refractivity contribution in [1.82, 2.24) is 10.3 Å². The van der Waals surface area contributed by atoms with E-state index in [4.69, 9.17) is 11.6 Å². The lowest BCUT2D eigenvalue weighted by Crippen LogP contribution is -2.39. The zero-order chi connectivity index (χ0) is 17.8. The number of halogens is 1. The average molecular weight is 357 g/mol. The monoisotopic (exact) mass is 356 g/mol. The number of hydrogen-bond acceptors (Lipinski definition) is 6. The third-order valence-electron chi connectivity index (χ3n) is 3.46. The van der Waals surface area contributed by atoms with E-state index >= 15 is 0 Å². The number of carbonyl (C=O) groups is 1. The van der Waals surface area contributed by atoms with Crippen molar-refractivity contribution in [2.45, 2.75) is 0 Å². The van der Waals surface area contributed by atoms with E-state index in [2.05, 4.69) is 20.9 Å². The van der Waals surface area contributed by atoms with E-state index in [1.807, 2.05) is 0 Å². The highest BCUT2D eigenvalue weighted by molar-refractivity contribution is 6.30. The molecule has 2 aromatic carbocycles. The number of nitrogens with zero attached hydrogens (tertiary/aromatic N) is 1. The number of carbonyl (C=O) groups excluding carboxylic acids is 1. The summed E-state index contributed by atoms with van der Waals surface area (Å²) in [5.74, 6) is -0.329. The van der Waals surface area contributed by atoms with Crippen molar-refractivity contribution < 1.29 is 4.79 Å². The Morgan fingerprint density at radius 1 is 1.04 bits per heavy atom. The quantitative estimate of drug-likeness (QED) is 0.460. The Morgan fingerprint density at radius 3 is 2.44 bits per heavy atom. The maximum absolute atomic E-state index is 12.0. The molecule has 1 heterocycles. The molecular formula is C17H13ClN4O3. The second-order valence-corrected chi connectivity index (χ2v) is 5.58. The molecular weight excluding hydrogens is 344 g/mol. The minimum absolute atomic E-state index is 0.00592. The van der Waals surface area contributed by atoms with Crippen LogP contribution in [0.2, 0.25) is 5.02 Å². The number of anilines is 3. The number of aromatic nitrogens is 1. The summed E-state index contributed by atoms with van der Waals surface area (Å²) >= 11 is 5.77. The van der Waals surface area contributed by atoms with Crippen molar-refractivity contribution in [2.24, 2.45) is 0 Å². The molecule has 0 aliphatic heterocycles. The fraction of sp³-hybridized carbons (Fsp3) is 0.0588. The van der Waals surface area contributed by atoms with Crippen LogP contribution in [0.1, 0.15) is 10.4 Å². The first kappa shape index (κ1) is 16.7. The summed E-state index contributed by atoms with van der Waals surface area (Å²) in [5.41, 5.74) is 0.0549. The third-order valence-corrected chi connectivity index (χ3v) is 3.71. The van der Waals surface area contributed by atoms with Gasteiger partial charge < -0.3 is 16.0 Å². The van der Waals surface area contributed by atoms with Crippen LogP contribution in [0.5, 0.6) is 0 Å². The second-order valence-electron chi connectivity index (χ2n) is 5.14. The Hall–Kier alpha value is -3.19. The van der Waals surface area contributed by atoms with Crippen molar-refractivity contribution in [1.29, 1.82) is 0 Å². The molecule has 1 amide bonds. The molecule has 0 unspecified atom stereocenters. The number of pyridine rings is 1. The lowest BCUT2D eigenvalue weighted by Gasteiger charge is -2.15. The summed E-state index contributed by atoms with van der Waals surface area (Å²) in [6, 6.07) is 9.81. The van der Waals surface area contributed by atoms with Crippen molar-refractivity contribution in [3.05, 3.63) is 79.8 Å². The van der Waals surface area contributed by atoms with Gasteiger partial charge in [-0.15, -0.1) is 0 Å². The number of amides is 1. The van der Waals surface area contributed by atoms with E-state index in [9.17, 15) is 14.4 Å². The molecule has 126 valence electrons. The molecule has 0 saturated carbocycles. The van der Waals surface area contributed by atoms with E-state index in [0.717, 1.165) is 0 Å². The molecule has 0 bridgehead atoms. The van der Waals surface area contributed by atoms with E-state index in [0.29, 0.717) is 16.3 Å². The standard InChI is InChI=1S/C17H13ClN4O3/c18-11-5-3-10(4-6-11)17(25)21-9-20-13-14(16(24)15(13)23)22-12-2-1-7-19-8-12/h1-8,20,22H,9H2,(H,21,25). The molecule has 3 rings (SSSR count). The summed E-state index contributed by atoms with van der Waals surface area (Å²) in [4.78, 5) is 39.3. The molecule has 7 nitrogen and oxygen atoms in total.